The van der Waals surface area contributed by atoms with Crippen molar-refractivity contribution in [3.05, 3.63) is 22.2 Å². The van der Waals surface area contributed by atoms with Crippen LogP contribution in [-0.4, -0.2) is 4.98 Å². The van der Waals surface area contributed by atoms with Crippen LogP contribution in [0.3, 0.4) is 0 Å². The fourth-order valence-electron chi connectivity index (χ4n) is 1.07. The molecule has 0 unspecified atom stereocenters. The van der Waals surface area contributed by atoms with Crippen molar-refractivity contribution in [3.63, 3.8) is 0 Å². The number of fused-ring (bicyclic) bond motifs is 1. The number of nitrogen functional groups attached to an aromatic ring is 1. The molecule has 0 atom stereocenters. The molecule has 0 saturated heterocycles. The fraction of sp³-hybridized carbons (Fsp3) is 0.125. The molecule has 2 aromatic rings. The van der Waals surface area contributed by atoms with Crippen LogP contribution in [0.5, 0.6) is 0 Å². The van der Waals surface area contributed by atoms with Gasteiger partial charge in [0.2, 0.25) is 0 Å². The molecule has 0 aliphatic carbocycles. The number of benzene rings is 1. The zero-order valence-corrected chi connectivity index (χ0v) is 8.87. The molecule has 0 saturated carbocycles. The second-order valence-electron chi connectivity index (χ2n) is 2.62. The van der Waals surface area contributed by atoms with Gasteiger partial charge in [-0.3, -0.25) is 0 Å². The summed E-state index contributed by atoms with van der Waals surface area (Å²) in [6.45, 7) is 2.04. The highest BCUT2D eigenvalue weighted by Gasteiger charge is 2.03. The first-order valence-electron chi connectivity index (χ1n) is 3.49. The molecule has 4 heteroatoms. The van der Waals surface area contributed by atoms with Gasteiger partial charge in [0.1, 0.15) is 0 Å². The number of nitrogens with two attached hydrogens (primary N) is 1. The lowest BCUT2D eigenvalue weighted by atomic mass is 10.2. The third-order valence-corrected chi connectivity index (χ3v) is 3.39. The third-order valence-electron chi connectivity index (χ3n) is 1.69. The molecule has 1 heterocycles. The first-order valence-corrected chi connectivity index (χ1v) is 5.10. The van der Waals surface area contributed by atoms with Gasteiger partial charge in [-0.15, -0.1) is 0 Å². The van der Waals surface area contributed by atoms with E-state index in [1.54, 1.807) is 0 Å². The second kappa shape index (κ2) is 2.71. The monoisotopic (exact) mass is 242 g/mol. The van der Waals surface area contributed by atoms with Crippen LogP contribution in [0.2, 0.25) is 0 Å². The number of halogens is 1. The van der Waals surface area contributed by atoms with E-state index in [0.29, 0.717) is 5.13 Å². The van der Waals surface area contributed by atoms with Gasteiger partial charge in [0.25, 0.3) is 0 Å². The Bertz CT molecular complexity index is 397. The Balaban J connectivity index is 2.83. The molecule has 0 fully saturated rings. The average Bonchev–Trinajstić information content (AvgIpc) is 2.30. The molecular weight excluding hydrogens is 236 g/mol. The molecule has 0 spiro atoms. The van der Waals surface area contributed by atoms with Gasteiger partial charge < -0.3 is 5.73 Å². The maximum atomic E-state index is 5.58. The molecule has 2 nitrogen and oxygen atoms in total. The van der Waals surface area contributed by atoms with Crippen LogP contribution in [0.1, 0.15) is 5.56 Å². The Hall–Kier alpha value is -0.610. The molecule has 0 aliphatic rings. The van der Waals surface area contributed by atoms with E-state index in [1.807, 2.05) is 13.0 Å². The van der Waals surface area contributed by atoms with Crippen LogP contribution >= 0.6 is 27.3 Å². The molecule has 0 bridgehead atoms. The Labute approximate surface area is 82.5 Å². The smallest absolute Gasteiger partial charge is 0.181 e. The quantitative estimate of drug-likeness (QED) is 0.772. The van der Waals surface area contributed by atoms with E-state index in [1.165, 1.54) is 16.9 Å². The van der Waals surface area contributed by atoms with Crippen LogP contribution < -0.4 is 5.73 Å². The van der Waals surface area contributed by atoms with Gasteiger partial charge in [-0.2, -0.15) is 0 Å². The van der Waals surface area contributed by atoms with E-state index in [-0.39, 0.29) is 0 Å². The molecule has 2 N–H and O–H groups in total. The predicted molar refractivity (Wildman–Crippen MR) is 56.5 cm³/mol. The minimum Gasteiger partial charge on any atom is -0.375 e. The zero-order valence-electron chi connectivity index (χ0n) is 6.47. The Kier molecular flexibility index (Phi) is 1.81. The van der Waals surface area contributed by atoms with Gasteiger partial charge in [-0.05, 0) is 24.6 Å². The summed E-state index contributed by atoms with van der Waals surface area (Å²) in [5.74, 6) is 0. The lowest BCUT2D eigenvalue weighted by Gasteiger charge is -1.95. The van der Waals surface area contributed by atoms with E-state index in [2.05, 4.69) is 27.0 Å². The maximum absolute atomic E-state index is 5.58. The number of rotatable bonds is 0. The van der Waals surface area contributed by atoms with E-state index < -0.39 is 0 Å². The zero-order chi connectivity index (χ0) is 8.72. The van der Waals surface area contributed by atoms with Gasteiger partial charge in [-0.25, -0.2) is 4.98 Å². The predicted octanol–water partition coefficient (Wildman–Crippen LogP) is 2.95. The first-order chi connectivity index (χ1) is 5.66. The van der Waals surface area contributed by atoms with Crippen molar-refractivity contribution in [2.45, 2.75) is 6.92 Å². The first kappa shape index (κ1) is 8.01. The number of aryl methyl sites for hydroxylation is 1. The number of hydrogen-bond donors (Lipinski definition) is 1. The molecule has 0 amide bonds. The normalized spacial score (nSPS) is 10.8. The van der Waals surface area contributed by atoms with Gasteiger partial charge in [-0.1, -0.05) is 27.3 Å². The van der Waals surface area contributed by atoms with E-state index in [9.17, 15) is 0 Å². The van der Waals surface area contributed by atoms with E-state index in [4.69, 9.17) is 5.73 Å². The van der Waals surface area contributed by atoms with Crippen molar-refractivity contribution in [1.29, 1.82) is 0 Å². The number of thiazole rings is 1. The fourth-order valence-corrected chi connectivity index (χ4v) is 2.32. The highest BCUT2D eigenvalue weighted by atomic mass is 79.9. The summed E-state index contributed by atoms with van der Waals surface area (Å²) in [5, 5.41) is 0.627. The van der Waals surface area contributed by atoms with Crippen LogP contribution in [0, 0.1) is 6.92 Å². The summed E-state index contributed by atoms with van der Waals surface area (Å²) < 4.78 is 2.24. The molecule has 0 radical (unpaired) electrons. The highest BCUT2D eigenvalue weighted by Crippen LogP contribution is 2.28. The minimum absolute atomic E-state index is 0.627. The number of anilines is 1. The maximum Gasteiger partial charge on any atom is 0.181 e. The Morgan fingerprint density at radius 1 is 1.50 bits per heavy atom. The van der Waals surface area contributed by atoms with Crippen LogP contribution in [0.25, 0.3) is 10.2 Å². The molecule has 2 rings (SSSR count). The third kappa shape index (κ3) is 1.21. The summed E-state index contributed by atoms with van der Waals surface area (Å²) >= 11 is 4.98. The van der Waals surface area contributed by atoms with Gasteiger partial charge in [0.05, 0.1) is 10.2 Å². The highest BCUT2D eigenvalue weighted by molar-refractivity contribution is 9.10. The van der Waals surface area contributed by atoms with Gasteiger partial charge >= 0.3 is 0 Å². The lowest BCUT2D eigenvalue weighted by Crippen LogP contribution is -1.79. The van der Waals surface area contributed by atoms with Crippen LogP contribution in [0.15, 0.2) is 16.6 Å². The summed E-state index contributed by atoms with van der Waals surface area (Å²) in [5.41, 5.74) is 7.76. The summed E-state index contributed by atoms with van der Waals surface area (Å²) in [4.78, 5) is 4.19. The SMILES string of the molecule is Cc1cc2nc(N)sc2cc1Br. The minimum atomic E-state index is 0.627. The molecule has 12 heavy (non-hydrogen) atoms. The Morgan fingerprint density at radius 2 is 2.25 bits per heavy atom. The Morgan fingerprint density at radius 3 is 3.00 bits per heavy atom. The van der Waals surface area contributed by atoms with Crippen LogP contribution in [-0.2, 0) is 0 Å². The van der Waals surface area contributed by atoms with Crippen molar-refractivity contribution in [3.8, 4) is 0 Å². The average molecular weight is 243 g/mol. The van der Waals surface area contributed by atoms with Crippen LogP contribution in [0.4, 0.5) is 5.13 Å². The summed E-state index contributed by atoms with van der Waals surface area (Å²) in [6, 6.07) is 4.09. The van der Waals surface area contributed by atoms with Crippen molar-refractivity contribution in [2.75, 3.05) is 5.73 Å². The van der Waals surface area contributed by atoms with Gasteiger partial charge in [0, 0.05) is 4.47 Å². The number of hydrogen-bond acceptors (Lipinski definition) is 3. The topological polar surface area (TPSA) is 38.9 Å². The van der Waals surface area contributed by atoms with Crippen molar-refractivity contribution in [1.82, 2.24) is 4.98 Å². The van der Waals surface area contributed by atoms with Crippen molar-refractivity contribution < 1.29 is 0 Å². The largest absolute Gasteiger partial charge is 0.375 e. The van der Waals surface area contributed by atoms with E-state index >= 15 is 0 Å². The molecule has 62 valence electrons. The standard InChI is InChI=1S/C8H7BrN2S/c1-4-2-6-7(3-5(4)9)12-8(10)11-6/h2-3H,1H3,(H2,10,11). The summed E-state index contributed by atoms with van der Waals surface area (Å²) in [6.07, 6.45) is 0. The number of aromatic nitrogens is 1. The second-order valence-corrected chi connectivity index (χ2v) is 4.54. The lowest BCUT2D eigenvalue weighted by molar-refractivity contribution is 1.43. The van der Waals surface area contributed by atoms with Crippen molar-refractivity contribution in [2.24, 2.45) is 0 Å². The molecule has 1 aromatic carbocycles. The van der Waals surface area contributed by atoms with Crippen molar-refractivity contribution >= 4 is 42.6 Å². The molecular formula is C8H7BrN2S. The molecule has 0 aliphatic heterocycles. The van der Waals surface area contributed by atoms with Gasteiger partial charge in [0.15, 0.2) is 5.13 Å². The summed E-state index contributed by atoms with van der Waals surface area (Å²) in [7, 11) is 0. The molecule has 1 aromatic heterocycles. The number of nitrogens with zero attached hydrogens (tertiary/aromatic N) is 1. The van der Waals surface area contributed by atoms with E-state index in [0.717, 1.165) is 14.7 Å².